The van der Waals surface area contributed by atoms with Gasteiger partial charge < -0.3 is 14.5 Å². The molecule has 1 amide bonds. The van der Waals surface area contributed by atoms with E-state index in [0.717, 1.165) is 44.1 Å². The number of hydrogen-bond acceptors (Lipinski definition) is 4. The smallest absolute Gasteiger partial charge is 0.310 e. The molecule has 0 aliphatic rings. The molecule has 4 aromatic rings. The summed E-state index contributed by atoms with van der Waals surface area (Å²) in [7, 11) is 0. The zero-order valence-electron chi connectivity index (χ0n) is 16.3. The van der Waals surface area contributed by atoms with Gasteiger partial charge in [0.2, 0.25) is 0 Å². The Kier molecular flexibility index (Phi) is 5.04. The molecular weight excluding hydrogens is 366 g/mol. The van der Waals surface area contributed by atoms with Crippen LogP contribution in [-0.4, -0.2) is 18.5 Å². The van der Waals surface area contributed by atoms with Crippen LogP contribution < -0.4 is 5.32 Å². The van der Waals surface area contributed by atoms with Crippen LogP contribution in [0, 0.1) is 13.8 Å². The number of anilines is 1. The Balaban J connectivity index is 1.43. The maximum absolute atomic E-state index is 12.3. The predicted molar refractivity (Wildman–Crippen MR) is 113 cm³/mol. The first-order chi connectivity index (χ1) is 14.0. The Labute approximate surface area is 168 Å². The number of hydrogen-bond donors (Lipinski definition) is 1. The minimum Gasteiger partial charge on any atom is -0.464 e. The Hall–Kier alpha value is -3.60. The average molecular weight is 387 g/mol. The Morgan fingerprint density at radius 3 is 2.72 bits per heavy atom. The van der Waals surface area contributed by atoms with Crippen LogP contribution in [0.1, 0.15) is 16.7 Å². The predicted octanol–water partition coefficient (Wildman–Crippen LogP) is 4.93. The van der Waals surface area contributed by atoms with Crippen molar-refractivity contribution in [3.63, 3.8) is 0 Å². The maximum Gasteiger partial charge on any atom is 0.310 e. The Morgan fingerprint density at radius 2 is 1.86 bits per heavy atom. The topological polar surface area (TPSA) is 68.5 Å². The van der Waals surface area contributed by atoms with Crippen LogP contribution in [0.5, 0.6) is 0 Å². The van der Waals surface area contributed by atoms with E-state index in [1.807, 2.05) is 68.4 Å². The van der Waals surface area contributed by atoms with Gasteiger partial charge in [0, 0.05) is 16.6 Å². The van der Waals surface area contributed by atoms with E-state index in [1.165, 1.54) is 0 Å². The van der Waals surface area contributed by atoms with E-state index in [1.54, 1.807) is 6.26 Å². The molecule has 0 unspecified atom stereocenters. The fourth-order valence-electron chi connectivity index (χ4n) is 3.41. The highest BCUT2D eigenvalue weighted by Gasteiger charge is 2.15. The second-order valence-corrected chi connectivity index (χ2v) is 7.12. The third kappa shape index (κ3) is 3.99. The van der Waals surface area contributed by atoms with E-state index in [2.05, 4.69) is 5.32 Å². The number of benzene rings is 3. The first-order valence-corrected chi connectivity index (χ1v) is 9.42. The minimum absolute atomic E-state index is 0.0394. The van der Waals surface area contributed by atoms with E-state index in [-0.39, 0.29) is 18.9 Å². The van der Waals surface area contributed by atoms with Crippen molar-refractivity contribution < 1.29 is 18.7 Å². The zero-order valence-corrected chi connectivity index (χ0v) is 16.3. The molecule has 1 aromatic heterocycles. The molecule has 0 radical (unpaired) electrons. The molecule has 5 heteroatoms. The highest BCUT2D eigenvalue weighted by molar-refractivity contribution is 6.08. The number of esters is 1. The van der Waals surface area contributed by atoms with Gasteiger partial charge in [-0.25, -0.2) is 0 Å². The lowest BCUT2D eigenvalue weighted by atomic mass is 10.0. The van der Waals surface area contributed by atoms with Crippen molar-refractivity contribution in [3.05, 3.63) is 77.6 Å². The quantitative estimate of drug-likeness (QED) is 0.493. The molecule has 0 spiro atoms. The van der Waals surface area contributed by atoms with Gasteiger partial charge in [-0.2, -0.15) is 0 Å². The van der Waals surface area contributed by atoms with Gasteiger partial charge in [0.25, 0.3) is 5.91 Å². The van der Waals surface area contributed by atoms with Crippen molar-refractivity contribution in [2.75, 3.05) is 11.9 Å². The van der Waals surface area contributed by atoms with Gasteiger partial charge in [-0.05, 0) is 47.9 Å². The molecule has 0 atom stereocenters. The molecule has 146 valence electrons. The van der Waals surface area contributed by atoms with Crippen LogP contribution in [0.25, 0.3) is 21.7 Å². The number of amides is 1. The van der Waals surface area contributed by atoms with E-state index < -0.39 is 5.97 Å². The van der Waals surface area contributed by atoms with Gasteiger partial charge in [0.1, 0.15) is 5.58 Å². The van der Waals surface area contributed by atoms with E-state index >= 15 is 0 Å². The monoisotopic (exact) mass is 387 g/mol. The zero-order chi connectivity index (χ0) is 20.4. The molecule has 29 heavy (non-hydrogen) atoms. The third-order valence-electron chi connectivity index (χ3n) is 4.91. The Bertz CT molecular complexity index is 1220. The van der Waals surface area contributed by atoms with E-state index in [0.29, 0.717) is 0 Å². The normalized spacial score (nSPS) is 11.0. The third-order valence-corrected chi connectivity index (χ3v) is 4.91. The molecule has 4 rings (SSSR count). The second-order valence-electron chi connectivity index (χ2n) is 7.12. The fraction of sp³-hybridized carbons (Fsp3) is 0.167. The first-order valence-electron chi connectivity index (χ1n) is 9.42. The molecule has 0 fully saturated rings. The van der Waals surface area contributed by atoms with Crippen LogP contribution >= 0.6 is 0 Å². The first kappa shape index (κ1) is 18.7. The number of aryl methyl sites for hydroxylation is 2. The summed E-state index contributed by atoms with van der Waals surface area (Å²) >= 11 is 0. The summed E-state index contributed by atoms with van der Waals surface area (Å²) in [6.07, 6.45) is 1.62. The number of nitrogens with one attached hydrogen (secondary N) is 1. The van der Waals surface area contributed by atoms with Gasteiger partial charge >= 0.3 is 5.97 Å². The summed E-state index contributed by atoms with van der Waals surface area (Å²) in [6.45, 7) is 3.53. The maximum atomic E-state index is 12.3. The van der Waals surface area contributed by atoms with Crippen molar-refractivity contribution in [2.24, 2.45) is 0 Å². The number of rotatable bonds is 5. The molecule has 0 aliphatic carbocycles. The molecular formula is C24H21NO4. The fourth-order valence-corrected chi connectivity index (χ4v) is 3.41. The van der Waals surface area contributed by atoms with Crippen LogP contribution in [0.15, 0.2) is 65.3 Å². The molecule has 0 saturated heterocycles. The van der Waals surface area contributed by atoms with Crippen molar-refractivity contribution in [2.45, 2.75) is 20.3 Å². The SMILES string of the molecule is Cc1ccc(C)c(NC(=O)COC(=O)Cc2coc3ccc4ccccc4c23)c1. The number of ether oxygens (including phenoxy) is 1. The minimum atomic E-state index is -0.475. The number of fused-ring (bicyclic) bond motifs is 3. The largest absolute Gasteiger partial charge is 0.464 e. The van der Waals surface area contributed by atoms with Gasteiger partial charge in [0.15, 0.2) is 6.61 Å². The summed E-state index contributed by atoms with van der Waals surface area (Å²) in [6, 6.07) is 17.6. The van der Waals surface area contributed by atoms with E-state index in [4.69, 9.17) is 9.15 Å². The lowest BCUT2D eigenvalue weighted by Gasteiger charge is -2.10. The summed E-state index contributed by atoms with van der Waals surface area (Å²) in [5.74, 6) is -0.841. The molecule has 0 aliphatic heterocycles. The van der Waals surface area contributed by atoms with Crippen molar-refractivity contribution in [1.29, 1.82) is 0 Å². The average Bonchev–Trinajstić information content (AvgIpc) is 3.12. The molecule has 5 nitrogen and oxygen atoms in total. The van der Waals surface area contributed by atoms with E-state index in [9.17, 15) is 9.59 Å². The van der Waals surface area contributed by atoms with Crippen molar-refractivity contribution >= 4 is 39.3 Å². The standard InChI is InChI=1S/C24H21NO4/c1-15-7-8-16(2)20(11-15)25-22(26)14-29-23(27)12-18-13-28-21-10-9-17-5-3-4-6-19(17)24(18)21/h3-11,13H,12,14H2,1-2H3,(H,25,26). The van der Waals surface area contributed by atoms with Gasteiger partial charge in [-0.15, -0.1) is 0 Å². The van der Waals surface area contributed by atoms with Gasteiger partial charge in [-0.1, -0.05) is 42.5 Å². The molecule has 1 heterocycles. The van der Waals surface area contributed by atoms with Crippen LogP contribution in [-0.2, 0) is 20.7 Å². The lowest BCUT2D eigenvalue weighted by Crippen LogP contribution is -2.22. The Morgan fingerprint density at radius 1 is 1.03 bits per heavy atom. The summed E-state index contributed by atoms with van der Waals surface area (Å²) in [5, 5.41) is 5.78. The van der Waals surface area contributed by atoms with Crippen LogP contribution in [0.3, 0.4) is 0 Å². The van der Waals surface area contributed by atoms with Gasteiger partial charge in [-0.3, -0.25) is 9.59 Å². The van der Waals surface area contributed by atoms with Crippen LogP contribution in [0.2, 0.25) is 0 Å². The second kappa shape index (κ2) is 7.80. The van der Waals surface area contributed by atoms with Crippen molar-refractivity contribution in [3.8, 4) is 0 Å². The number of carbonyl (C=O) groups is 2. The van der Waals surface area contributed by atoms with Gasteiger partial charge in [0.05, 0.1) is 12.7 Å². The molecule has 1 N–H and O–H groups in total. The summed E-state index contributed by atoms with van der Waals surface area (Å²) < 4.78 is 10.8. The summed E-state index contributed by atoms with van der Waals surface area (Å²) in [5.41, 5.74) is 4.18. The molecule has 0 bridgehead atoms. The highest BCUT2D eigenvalue weighted by Crippen LogP contribution is 2.30. The van der Waals surface area contributed by atoms with Crippen LogP contribution in [0.4, 0.5) is 5.69 Å². The lowest BCUT2D eigenvalue weighted by molar-refractivity contribution is -0.146. The van der Waals surface area contributed by atoms with Crippen molar-refractivity contribution in [1.82, 2.24) is 0 Å². The number of carbonyl (C=O) groups excluding carboxylic acids is 2. The molecule has 0 saturated carbocycles. The molecule has 3 aromatic carbocycles. The number of furan rings is 1. The highest BCUT2D eigenvalue weighted by atomic mass is 16.5. The summed E-state index contributed by atoms with van der Waals surface area (Å²) in [4.78, 5) is 24.5.